The van der Waals surface area contributed by atoms with Crippen LogP contribution in [-0.4, -0.2) is 40.3 Å². The normalized spacial score (nSPS) is 17.3. The van der Waals surface area contributed by atoms with E-state index in [1.54, 1.807) is 17.0 Å². The van der Waals surface area contributed by atoms with Crippen LogP contribution in [0.15, 0.2) is 59.6 Å². The van der Waals surface area contributed by atoms with Gasteiger partial charge in [-0.3, -0.25) is 14.5 Å². The summed E-state index contributed by atoms with van der Waals surface area (Å²) in [6, 6.07) is 16.8. The zero-order chi connectivity index (χ0) is 23.5. The third kappa shape index (κ3) is 7.63. The van der Waals surface area contributed by atoms with Gasteiger partial charge in [0.15, 0.2) is 5.17 Å². The first-order valence-corrected chi connectivity index (χ1v) is 12.6. The highest BCUT2D eigenvalue weighted by atomic mass is 32.2. The molecule has 3 rings (SSSR count). The van der Waals surface area contributed by atoms with E-state index >= 15 is 0 Å². The Hall–Kier alpha value is -2.80. The molecule has 2 amide bonds. The number of nitrogens with zero attached hydrogens (tertiary/aromatic N) is 2. The minimum atomic E-state index is -0.525. The van der Waals surface area contributed by atoms with Gasteiger partial charge in [0.25, 0.3) is 0 Å². The van der Waals surface area contributed by atoms with Gasteiger partial charge in [0.1, 0.15) is 11.0 Å². The fraction of sp³-hybridized carbons (Fsp3) is 0.423. The van der Waals surface area contributed by atoms with E-state index in [1.165, 1.54) is 31.0 Å². The summed E-state index contributed by atoms with van der Waals surface area (Å²) in [6.07, 6.45) is 5.75. The summed E-state index contributed by atoms with van der Waals surface area (Å²) in [7, 11) is 0. The summed E-state index contributed by atoms with van der Waals surface area (Å²) in [5, 5.41) is 3.00. The SMILES string of the molecule is CCCCCCCN1C(=O)CC(C(=O)Nc2ccc(OCC)cc2)SC1=Nc1ccccc1. The van der Waals surface area contributed by atoms with Gasteiger partial charge in [-0.1, -0.05) is 62.6 Å². The zero-order valence-corrected chi connectivity index (χ0v) is 20.3. The van der Waals surface area contributed by atoms with Crippen molar-refractivity contribution in [1.82, 2.24) is 4.90 Å². The van der Waals surface area contributed by atoms with Gasteiger partial charge in [-0.05, 0) is 49.7 Å². The highest BCUT2D eigenvalue weighted by Gasteiger charge is 2.35. The maximum absolute atomic E-state index is 13.0. The van der Waals surface area contributed by atoms with E-state index in [9.17, 15) is 9.59 Å². The van der Waals surface area contributed by atoms with E-state index in [0.29, 0.717) is 24.0 Å². The van der Waals surface area contributed by atoms with Crippen molar-refractivity contribution in [2.24, 2.45) is 4.99 Å². The number of hydrogen-bond acceptors (Lipinski definition) is 5. The Morgan fingerprint density at radius 1 is 1.06 bits per heavy atom. The standard InChI is InChI=1S/C26H33N3O3S/c1-3-5-6-7-11-18-29-24(30)19-23(33-26(29)28-20-12-9-8-10-13-20)25(31)27-21-14-16-22(17-15-21)32-4-2/h8-10,12-17,23H,3-7,11,18-19H2,1-2H3,(H,27,31). The third-order valence-corrected chi connectivity index (χ3v) is 6.52. The number of anilines is 1. The van der Waals surface area contributed by atoms with Crippen LogP contribution in [0.3, 0.4) is 0 Å². The average Bonchev–Trinajstić information content (AvgIpc) is 2.82. The fourth-order valence-electron chi connectivity index (χ4n) is 3.57. The number of carbonyl (C=O) groups is 2. The van der Waals surface area contributed by atoms with Crippen molar-refractivity contribution in [3.8, 4) is 5.75 Å². The Labute approximate surface area is 200 Å². The molecule has 6 nitrogen and oxygen atoms in total. The molecule has 1 N–H and O–H groups in total. The highest BCUT2D eigenvalue weighted by molar-refractivity contribution is 8.15. The Morgan fingerprint density at radius 2 is 1.79 bits per heavy atom. The first-order valence-electron chi connectivity index (χ1n) is 11.7. The molecule has 1 aliphatic heterocycles. The van der Waals surface area contributed by atoms with Crippen molar-refractivity contribution in [3.05, 3.63) is 54.6 Å². The Bertz CT molecular complexity index is 932. The number of rotatable bonds is 11. The third-order valence-electron chi connectivity index (χ3n) is 5.33. The molecular formula is C26H33N3O3S. The van der Waals surface area contributed by atoms with Gasteiger partial charge in [0.05, 0.1) is 12.3 Å². The van der Waals surface area contributed by atoms with E-state index in [2.05, 4.69) is 12.2 Å². The number of carbonyl (C=O) groups excluding carboxylic acids is 2. The van der Waals surface area contributed by atoms with Gasteiger partial charge in [-0.25, -0.2) is 4.99 Å². The second-order valence-corrected chi connectivity index (χ2v) is 9.12. The molecule has 0 bridgehead atoms. The van der Waals surface area contributed by atoms with Gasteiger partial charge < -0.3 is 10.1 Å². The lowest BCUT2D eigenvalue weighted by molar-refractivity contribution is -0.129. The van der Waals surface area contributed by atoms with Crippen LogP contribution < -0.4 is 10.1 Å². The predicted octanol–water partition coefficient (Wildman–Crippen LogP) is 6.02. The Kier molecular flexibility index (Phi) is 9.81. The molecule has 1 fully saturated rings. The molecule has 1 unspecified atom stereocenters. The number of amides is 2. The summed E-state index contributed by atoms with van der Waals surface area (Å²) in [4.78, 5) is 32.5. The number of aliphatic imine (C=N–C) groups is 1. The average molecular weight is 468 g/mol. The van der Waals surface area contributed by atoms with Crippen LogP contribution in [0.1, 0.15) is 52.4 Å². The minimum absolute atomic E-state index is 0.0502. The van der Waals surface area contributed by atoms with Gasteiger partial charge in [-0.2, -0.15) is 0 Å². The van der Waals surface area contributed by atoms with E-state index in [1.807, 2.05) is 49.4 Å². The molecule has 0 radical (unpaired) electrons. The Balaban J connectivity index is 1.70. The molecule has 1 saturated heterocycles. The molecule has 1 aliphatic rings. The number of thioether (sulfide) groups is 1. The smallest absolute Gasteiger partial charge is 0.238 e. The van der Waals surface area contributed by atoms with Gasteiger partial charge in [-0.15, -0.1) is 0 Å². The van der Waals surface area contributed by atoms with Crippen molar-refractivity contribution in [1.29, 1.82) is 0 Å². The second-order valence-electron chi connectivity index (χ2n) is 7.95. The van der Waals surface area contributed by atoms with E-state index in [4.69, 9.17) is 9.73 Å². The van der Waals surface area contributed by atoms with Crippen molar-refractivity contribution >= 4 is 40.1 Å². The predicted molar refractivity (Wildman–Crippen MR) is 136 cm³/mol. The summed E-state index contributed by atoms with van der Waals surface area (Å²) in [5.41, 5.74) is 1.45. The lowest BCUT2D eigenvalue weighted by Crippen LogP contribution is -2.45. The van der Waals surface area contributed by atoms with Crippen LogP contribution in [0.25, 0.3) is 0 Å². The molecule has 7 heteroatoms. The molecule has 0 aliphatic carbocycles. The first kappa shape index (κ1) is 24.8. The van der Waals surface area contributed by atoms with Crippen LogP contribution in [0, 0.1) is 0 Å². The van der Waals surface area contributed by atoms with Crippen LogP contribution >= 0.6 is 11.8 Å². The monoisotopic (exact) mass is 467 g/mol. The van der Waals surface area contributed by atoms with Crippen molar-refractivity contribution in [3.63, 3.8) is 0 Å². The second kappa shape index (κ2) is 13.0. The molecular weight excluding hydrogens is 434 g/mol. The lowest BCUT2D eigenvalue weighted by Gasteiger charge is -2.31. The molecule has 33 heavy (non-hydrogen) atoms. The van der Waals surface area contributed by atoms with E-state index in [0.717, 1.165) is 24.3 Å². The maximum Gasteiger partial charge on any atom is 0.238 e. The van der Waals surface area contributed by atoms with Crippen molar-refractivity contribution < 1.29 is 14.3 Å². The number of amidine groups is 1. The largest absolute Gasteiger partial charge is 0.494 e. The van der Waals surface area contributed by atoms with Gasteiger partial charge >= 0.3 is 0 Å². The Morgan fingerprint density at radius 3 is 2.48 bits per heavy atom. The number of hydrogen-bond donors (Lipinski definition) is 1. The van der Waals surface area contributed by atoms with Crippen LogP contribution in [-0.2, 0) is 9.59 Å². The molecule has 2 aromatic carbocycles. The molecule has 1 atom stereocenters. The van der Waals surface area contributed by atoms with Crippen LogP contribution in [0.5, 0.6) is 5.75 Å². The van der Waals surface area contributed by atoms with Crippen molar-refractivity contribution in [2.75, 3.05) is 18.5 Å². The number of nitrogens with one attached hydrogen (secondary N) is 1. The van der Waals surface area contributed by atoms with Crippen molar-refractivity contribution in [2.45, 2.75) is 57.6 Å². The number of para-hydroxylation sites is 1. The quantitative estimate of drug-likeness (QED) is 0.411. The molecule has 2 aromatic rings. The first-order chi connectivity index (χ1) is 16.1. The molecule has 0 saturated carbocycles. The summed E-state index contributed by atoms with van der Waals surface area (Å²) < 4.78 is 5.45. The minimum Gasteiger partial charge on any atom is -0.494 e. The number of benzene rings is 2. The highest BCUT2D eigenvalue weighted by Crippen LogP contribution is 2.30. The molecule has 176 valence electrons. The summed E-state index contributed by atoms with van der Waals surface area (Å²) in [5.74, 6) is 0.510. The summed E-state index contributed by atoms with van der Waals surface area (Å²) >= 11 is 1.36. The fourth-order valence-corrected chi connectivity index (χ4v) is 4.70. The molecule has 0 spiro atoms. The number of ether oxygens (including phenoxy) is 1. The van der Waals surface area contributed by atoms with E-state index < -0.39 is 5.25 Å². The van der Waals surface area contributed by atoms with Gasteiger partial charge in [0.2, 0.25) is 11.8 Å². The summed E-state index contributed by atoms with van der Waals surface area (Å²) in [6.45, 7) is 5.34. The van der Waals surface area contributed by atoms with Crippen LogP contribution in [0.2, 0.25) is 0 Å². The van der Waals surface area contributed by atoms with Crippen LogP contribution in [0.4, 0.5) is 11.4 Å². The number of unbranched alkanes of at least 4 members (excludes halogenated alkanes) is 4. The maximum atomic E-state index is 13.0. The molecule has 0 aromatic heterocycles. The van der Waals surface area contributed by atoms with Gasteiger partial charge in [0, 0.05) is 18.7 Å². The zero-order valence-electron chi connectivity index (χ0n) is 19.5. The lowest BCUT2D eigenvalue weighted by atomic mass is 10.1. The topological polar surface area (TPSA) is 71.0 Å². The molecule has 1 heterocycles. The van der Waals surface area contributed by atoms with E-state index in [-0.39, 0.29) is 18.2 Å².